The standard InChI is InChI=1S/C28H26N4O2S/c1-3-29-22-14-13-20(18(2)33)15-24(22)30-26-16-21(27-31-23-11-7-8-12-25(23)35-27)28(34)32(26)17-19-9-5-4-6-10-19/h4-15,29,31H,3,16-17H2,1-2H3/b27-21-,30-26?. The lowest BCUT2D eigenvalue weighted by molar-refractivity contribution is -0.122. The molecule has 2 N–H and O–H groups in total. The zero-order chi connectivity index (χ0) is 24.4. The molecule has 0 aliphatic carbocycles. The summed E-state index contributed by atoms with van der Waals surface area (Å²) < 4.78 is 0. The average molecular weight is 483 g/mol. The fourth-order valence-corrected chi connectivity index (χ4v) is 5.23. The molecular formula is C28H26N4O2S. The highest BCUT2D eigenvalue weighted by molar-refractivity contribution is 8.03. The molecule has 3 aromatic rings. The lowest BCUT2D eigenvalue weighted by Gasteiger charge is -2.18. The van der Waals surface area contributed by atoms with Gasteiger partial charge >= 0.3 is 0 Å². The van der Waals surface area contributed by atoms with E-state index in [4.69, 9.17) is 4.99 Å². The van der Waals surface area contributed by atoms with Gasteiger partial charge in [-0.15, -0.1) is 0 Å². The van der Waals surface area contributed by atoms with Crippen molar-refractivity contribution >= 4 is 46.4 Å². The third-order valence-electron chi connectivity index (χ3n) is 5.98. The summed E-state index contributed by atoms with van der Waals surface area (Å²) in [5, 5.41) is 7.59. The van der Waals surface area contributed by atoms with Gasteiger partial charge in [-0.3, -0.25) is 14.5 Å². The van der Waals surface area contributed by atoms with Crippen molar-refractivity contribution < 1.29 is 9.59 Å². The Morgan fingerprint density at radius 2 is 1.86 bits per heavy atom. The molecule has 0 bridgehead atoms. The van der Waals surface area contributed by atoms with Crippen LogP contribution in [0, 0.1) is 0 Å². The Kier molecular flexibility index (Phi) is 6.42. The normalized spacial score (nSPS) is 18.1. The number of ketones is 1. The van der Waals surface area contributed by atoms with E-state index >= 15 is 0 Å². The number of thioether (sulfide) groups is 1. The number of hydrogen-bond donors (Lipinski definition) is 2. The number of para-hydroxylation sites is 1. The van der Waals surface area contributed by atoms with E-state index in [-0.39, 0.29) is 11.7 Å². The lowest BCUT2D eigenvalue weighted by Crippen LogP contribution is -2.29. The van der Waals surface area contributed by atoms with Crippen LogP contribution in [0.25, 0.3) is 0 Å². The van der Waals surface area contributed by atoms with Crippen molar-refractivity contribution in [2.24, 2.45) is 4.99 Å². The van der Waals surface area contributed by atoms with Crippen molar-refractivity contribution in [1.82, 2.24) is 4.90 Å². The van der Waals surface area contributed by atoms with Crippen LogP contribution < -0.4 is 10.6 Å². The van der Waals surface area contributed by atoms with E-state index in [2.05, 4.69) is 10.6 Å². The van der Waals surface area contributed by atoms with Crippen LogP contribution in [0.1, 0.15) is 36.2 Å². The molecule has 1 fully saturated rings. The van der Waals surface area contributed by atoms with Crippen LogP contribution in [-0.4, -0.2) is 29.0 Å². The molecule has 0 aromatic heterocycles. The van der Waals surface area contributed by atoms with E-state index in [0.29, 0.717) is 35.6 Å². The summed E-state index contributed by atoms with van der Waals surface area (Å²) in [7, 11) is 0. The number of Topliss-reactive ketones (excluding diaryl/α,β-unsaturated/α-hetero) is 1. The summed E-state index contributed by atoms with van der Waals surface area (Å²) in [6, 6.07) is 23.4. The number of likely N-dealkylation sites (tertiary alicyclic amines) is 1. The summed E-state index contributed by atoms with van der Waals surface area (Å²) >= 11 is 1.58. The molecule has 5 rings (SSSR count). The molecule has 7 heteroatoms. The minimum atomic E-state index is -0.0527. The van der Waals surface area contributed by atoms with Gasteiger partial charge in [-0.25, -0.2) is 4.99 Å². The summed E-state index contributed by atoms with van der Waals surface area (Å²) in [6.45, 7) is 4.71. The number of nitrogens with one attached hydrogen (secondary N) is 2. The van der Waals surface area contributed by atoms with Crippen LogP contribution in [0.2, 0.25) is 0 Å². The fraction of sp³-hybridized carbons (Fsp3) is 0.179. The third-order valence-corrected chi connectivity index (χ3v) is 7.10. The molecule has 1 amide bonds. The maximum atomic E-state index is 13.7. The van der Waals surface area contributed by atoms with Crippen LogP contribution in [0.5, 0.6) is 0 Å². The Hall–Kier alpha value is -3.84. The average Bonchev–Trinajstić information content (AvgIpc) is 3.42. The Morgan fingerprint density at radius 3 is 2.60 bits per heavy atom. The predicted molar refractivity (Wildman–Crippen MR) is 142 cm³/mol. The van der Waals surface area contributed by atoms with Gasteiger partial charge in [0, 0.05) is 23.4 Å². The largest absolute Gasteiger partial charge is 0.384 e. The van der Waals surface area contributed by atoms with E-state index in [1.54, 1.807) is 35.7 Å². The second kappa shape index (κ2) is 9.80. The molecule has 0 unspecified atom stereocenters. The van der Waals surface area contributed by atoms with E-state index in [0.717, 1.165) is 33.4 Å². The molecule has 176 valence electrons. The number of amidine groups is 1. The van der Waals surface area contributed by atoms with Crippen molar-refractivity contribution in [2.45, 2.75) is 31.7 Å². The van der Waals surface area contributed by atoms with Gasteiger partial charge in [-0.2, -0.15) is 0 Å². The SMILES string of the molecule is CCNc1ccc(C(C)=O)cc1N=C1C/C(=C2\Nc3ccccc3S2)C(=O)N1Cc1ccccc1. The summed E-state index contributed by atoms with van der Waals surface area (Å²) in [6.07, 6.45) is 0.408. The van der Waals surface area contributed by atoms with Crippen molar-refractivity contribution in [3.05, 3.63) is 94.5 Å². The molecule has 35 heavy (non-hydrogen) atoms. The molecule has 0 saturated carbocycles. The van der Waals surface area contributed by atoms with E-state index in [9.17, 15) is 9.59 Å². The number of anilines is 2. The first-order chi connectivity index (χ1) is 17.0. The number of fused-ring (bicyclic) bond motifs is 1. The first-order valence-electron chi connectivity index (χ1n) is 11.6. The molecule has 1 saturated heterocycles. The molecule has 0 atom stereocenters. The summed E-state index contributed by atoms with van der Waals surface area (Å²) in [5.74, 6) is 0.591. The molecule has 0 radical (unpaired) electrons. The molecule has 0 spiro atoms. The van der Waals surface area contributed by atoms with Gasteiger partial charge in [-0.05, 0) is 49.7 Å². The van der Waals surface area contributed by atoms with Crippen molar-refractivity contribution in [3.63, 3.8) is 0 Å². The first-order valence-corrected chi connectivity index (χ1v) is 12.4. The number of carbonyl (C=O) groups excluding carboxylic acids is 2. The molecular weight excluding hydrogens is 456 g/mol. The van der Waals surface area contributed by atoms with Crippen LogP contribution in [0.15, 0.2) is 93.3 Å². The molecule has 3 aromatic carbocycles. The topological polar surface area (TPSA) is 73.8 Å². The number of carbonyl (C=O) groups is 2. The van der Waals surface area contributed by atoms with Gasteiger partial charge in [-0.1, -0.05) is 54.2 Å². The Bertz CT molecular complexity index is 1340. The first kappa shape index (κ1) is 22.9. The van der Waals surface area contributed by atoms with Crippen LogP contribution in [0.4, 0.5) is 17.1 Å². The number of nitrogens with zero attached hydrogens (tertiary/aromatic N) is 2. The van der Waals surface area contributed by atoms with E-state index < -0.39 is 0 Å². The van der Waals surface area contributed by atoms with Gasteiger partial charge in [0.15, 0.2) is 5.78 Å². The highest BCUT2D eigenvalue weighted by Gasteiger charge is 2.36. The summed E-state index contributed by atoms with van der Waals surface area (Å²) in [4.78, 5) is 33.5. The van der Waals surface area contributed by atoms with Gasteiger partial charge in [0.2, 0.25) is 0 Å². The minimum absolute atomic E-state index is 0.0229. The third kappa shape index (κ3) is 4.72. The van der Waals surface area contributed by atoms with Crippen molar-refractivity contribution in [1.29, 1.82) is 0 Å². The second-order valence-corrected chi connectivity index (χ2v) is 9.48. The second-order valence-electron chi connectivity index (χ2n) is 8.43. The van der Waals surface area contributed by atoms with Gasteiger partial charge in [0.05, 0.1) is 34.2 Å². The zero-order valence-electron chi connectivity index (χ0n) is 19.7. The Labute approximate surface area is 209 Å². The maximum Gasteiger partial charge on any atom is 0.258 e. The quantitative estimate of drug-likeness (QED) is 0.323. The van der Waals surface area contributed by atoms with E-state index in [1.165, 1.54) is 0 Å². The van der Waals surface area contributed by atoms with Gasteiger partial charge < -0.3 is 10.6 Å². The fourth-order valence-electron chi connectivity index (χ4n) is 4.19. The number of aliphatic imine (C=N–C) groups is 1. The predicted octanol–water partition coefficient (Wildman–Crippen LogP) is 6.21. The van der Waals surface area contributed by atoms with Gasteiger partial charge in [0.1, 0.15) is 5.84 Å². The number of hydrogen-bond acceptors (Lipinski definition) is 6. The lowest BCUT2D eigenvalue weighted by atomic mass is 10.1. The van der Waals surface area contributed by atoms with Crippen molar-refractivity contribution in [3.8, 4) is 0 Å². The van der Waals surface area contributed by atoms with Crippen LogP contribution in [0.3, 0.4) is 0 Å². The van der Waals surface area contributed by atoms with Crippen LogP contribution >= 0.6 is 11.8 Å². The molecule has 2 heterocycles. The molecule has 2 aliphatic rings. The van der Waals surface area contributed by atoms with Gasteiger partial charge in [0.25, 0.3) is 5.91 Å². The highest BCUT2D eigenvalue weighted by Crippen LogP contribution is 2.44. The zero-order valence-corrected chi connectivity index (χ0v) is 20.5. The minimum Gasteiger partial charge on any atom is -0.384 e. The number of amides is 1. The monoisotopic (exact) mass is 482 g/mol. The summed E-state index contributed by atoms with van der Waals surface area (Å²) in [5.41, 5.74) is 4.82. The van der Waals surface area contributed by atoms with E-state index in [1.807, 2.05) is 67.6 Å². The van der Waals surface area contributed by atoms with Crippen LogP contribution in [-0.2, 0) is 11.3 Å². The smallest absolute Gasteiger partial charge is 0.258 e. The maximum absolute atomic E-state index is 13.7. The van der Waals surface area contributed by atoms with Crippen molar-refractivity contribution in [2.75, 3.05) is 17.2 Å². The Balaban J connectivity index is 1.57. The number of benzene rings is 3. The molecule has 2 aliphatic heterocycles. The number of rotatable bonds is 6. The Morgan fingerprint density at radius 1 is 1.09 bits per heavy atom. The highest BCUT2D eigenvalue weighted by atomic mass is 32.2. The molecule has 6 nitrogen and oxygen atoms in total.